The Balaban J connectivity index is 2.43. The first kappa shape index (κ1) is 18.3. The van der Waals surface area contributed by atoms with Gasteiger partial charge in [0.2, 0.25) is 5.91 Å². The summed E-state index contributed by atoms with van der Waals surface area (Å²) in [4.78, 5) is 34.5. The Labute approximate surface area is 133 Å². The Morgan fingerprint density at radius 1 is 1.41 bits per heavy atom. The van der Waals surface area contributed by atoms with E-state index in [2.05, 4.69) is 5.32 Å². The van der Waals surface area contributed by atoms with Crippen LogP contribution in [0.1, 0.15) is 24.8 Å². The lowest BCUT2D eigenvalue weighted by molar-refractivity contribution is -0.141. The maximum Gasteiger partial charge on any atom is 0.326 e. The van der Waals surface area contributed by atoms with E-state index in [9.17, 15) is 14.4 Å². The Hall–Kier alpha value is -1.76. The van der Waals surface area contributed by atoms with Gasteiger partial charge in [-0.3, -0.25) is 9.59 Å². The number of rotatable bonds is 9. The monoisotopic (exact) mass is 326 g/mol. The number of thioether (sulfide) groups is 1. The van der Waals surface area contributed by atoms with Crippen LogP contribution in [-0.4, -0.2) is 39.6 Å². The fourth-order valence-electron chi connectivity index (χ4n) is 2.00. The minimum atomic E-state index is -1.02. The number of amides is 1. The highest BCUT2D eigenvalue weighted by atomic mass is 32.2. The summed E-state index contributed by atoms with van der Waals surface area (Å²) in [6.07, 6.45) is 4.73. The first-order valence-electron chi connectivity index (χ1n) is 7.12. The zero-order valence-electron chi connectivity index (χ0n) is 12.9. The molecule has 22 heavy (non-hydrogen) atoms. The van der Waals surface area contributed by atoms with Gasteiger partial charge in [-0.2, -0.15) is 11.8 Å². The maximum absolute atomic E-state index is 11.8. The summed E-state index contributed by atoms with van der Waals surface area (Å²) in [5.74, 6) is -0.637. The average molecular weight is 326 g/mol. The molecule has 1 aromatic heterocycles. The van der Waals surface area contributed by atoms with Gasteiger partial charge in [-0.1, -0.05) is 6.07 Å². The third-order valence-electron chi connectivity index (χ3n) is 3.18. The average Bonchev–Trinajstić information content (AvgIpc) is 2.46. The van der Waals surface area contributed by atoms with Crippen molar-refractivity contribution < 1.29 is 14.7 Å². The van der Waals surface area contributed by atoms with Crippen molar-refractivity contribution in [3.05, 3.63) is 34.2 Å². The molecule has 0 bridgehead atoms. The van der Waals surface area contributed by atoms with Crippen molar-refractivity contribution >= 4 is 23.6 Å². The standard InChI is InChI=1S/C15H22N2O4S/c1-11-5-6-14(19)17(10-11)8-3-4-13(18)16-12(15(20)21)7-9-22-2/h5-6,10,12H,3-4,7-9H2,1-2H3,(H,16,18)(H,20,21). The van der Waals surface area contributed by atoms with Crippen LogP contribution in [0.25, 0.3) is 0 Å². The molecule has 0 saturated carbocycles. The summed E-state index contributed by atoms with van der Waals surface area (Å²) in [6.45, 7) is 2.34. The fourth-order valence-corrected chi connectivity index (χ4v) is 2.47. The van der Waals surface area contributed by atoms with Gasteiger partial charge in [0.15, 0.2) is 0 Å². The van der Waals surface area contributed by atoms with Crippen molar-refractivity contribution in [2.75, 3.05) is 12.0 Å². The maximum atomic E-state index is 11.8. The van der Waals surface area contributed by atoms with E-state index in [0.29, 0.717) is 25.1 Å². The number of nitrogens with zero attached hydrogens (tertiary/aromatic N) is 1. The van der Waals surface area contributed by atoms with Gasteiger partial charge in [0.05, 0.1) is 0 Å². The first-order valence-corrected chi connectivity index (χ1v) is 8.51. The van der Waals surface area contributed by atoms with Crippen LogP contribution in [-0.2, 0) is 16.1 Å². The molecule has 1 atom stereocenters. The van der Waals surface area contributed by atoms with E-state index in [0.717, 1.165) is 5.56 Å². The summed E-state index contributed by atoms with van der Waals surface area (Å²) in [5, 5.41) is 11.6. The van der Waals surface area contributed by atoms with Crippen molar-refractivity contribution in [2.45, 2.75) is 38.8 Å². The normalized spacial score (nSPS) is 11.9. The molecule has 0 spiro atoms. The molecule has 0 aromatic carbocycles. The number of carbonyl (C=O) groups is 2. The molecule has 1 unspecified atom stereocenters. The van der Waals surface area contributed by atoms with E-state index in [-0.39, 0.29) is 17.9 Å². The summed E-state index contributed by atoms with van der Waals surface area (Å²) < 4.78 is 1.56. The van der Waals surface area contributed by atoms with Crippen LogP contribution in [0, 0.1) is 6.92 Å². The molecule has 1 aromatic rings. The first-order chi connectivity index (χ1) is 10.4. The molecule has 122 valence electrons. The van der Waals surface area contributed by atoms with Gasteiger partial charge in [0.1, 0.15) is 6.04 Å². The number of hydrogen-bond acceptors (Lipinski definition) is 4. The predicted octanol–water partition coefficient (Wildman–Crippen LogP) is 1.26. The van der Waals surface area contributed by atoms with Crippen LogP contribution in [0.5, 0.6) is 0 Å². The minimum absolute atomic E-state index is 0.102. The van der Waals surface area contributed by atoms with Crippen LogP contribution in [0.4, 0.5) is 0 Å². The predicted molar refractivity (Wildman–Crippen MR) is 87.2 cm³/mol. The molecular formula is C15H22N2O4S. The second-order valence-electron chi connectivity index (χ2n) is 5.08. The second kappa shape index (κ2) is 9.30. The molecule has 1 rings (SSSR count). The van der Waals surface area contributed by atoms with E-state index in [4.69, 9.17) is 5.11 Å². The number of carboxylic acids is 1. The molecule has 0 aliphatic heterocycles. The summed E-state index contributed by atoms with van der Waals surface area (Å²) >= 11 is 1.54. The van der Waals surface area contributed by atoms with Gasteiger partial charge in [-0.25, -0.2) is 4.79 Å². The van der Waals surface area contributed by atoms with Crippen molar-refractivity contribution in [1.29, 1.82) is 0 Å². The van der Waals surface area contributed by atoms with Crippen molar-refractivity contribution in [3.63, 3.8) is 0 Å². The Morgan fingerprint density at radius 2 is 2.14 bits per heavy atom. The largest absolute Gasteiger partial charge is 0.480 e. The molecule has 7 heteroatoms. The molecule has 6 nitrogen and oxygen atoms in total. The van der Waals surface area contributed by atoms with Crippen molar-refractivity contribution in [1.82, 2.24) is 9.88 Å². The molecule has 0 aliphatic carbocycles. The topological polar surface area (TPSA) is 88.4 Å². The lowest BCUT2D eigenvalue weighted by atomic mass is 10.2. The van der Waals surface area contributed by atoms with Gasteiger partial charge in [-0.15, -0.1) is 0 Å². The smallest absolute Gasteiger partial charge is 0.326 e. The summed E-state index contributed by atoms with van der Waals surface area (Å²) in [6, 6.07) is 2.40. The van der Waals surface area contributed by atoms with Crippen molar-refractivity contribution in [2.24, 2.45) is 0 Å². The molecule has 0 fully saturated rings. The quantitative estimate of drug-likeness (QED) is 0.713. The molecule has 1 heterocycles. The number of aryl methyl sites for hydroxylation is 2. The van der Waals surface area contributed by atoms with Crippen LogP contribution in [0.3, 0.4) is 0 Å². The SMILES string of the molecule is CSCCC(NC(=O)CCCn1cc(C)ccc1=O)C(=O)O. The molecule has 0 aliphatic rings. The molecular weight excluding hydrogens is 304 g/mol. The van der Waals surface area contributed by atoms with Crippen LogP contribution < -0.4 is 10.9 Å². The minimum Gasteiger partial charge on any atom is -0.480 e. The van der Waals surface area contributed by atoms with Crippen LogP contribution >= 0.6 is 11.8 Å². The number of hydrogen-bond donors (Lipinski definition) is 2. The number of carbonyl (C=O) groups excluding carboxylic acids is 1. The van der Waals surface area contributed by atoms with Gasteiger partial charge < -0.3 is 15.0 Å². The molecule has 0 radical (unpaired) electrons. The highest BCUT2D eigenvalue weighted by Gasteiger charge is 2.18. The van der Waals surface area contributed by atoms with Crippen molar-refractivity contribution in [3.8, 4) is 0 Å². The number of aromatic nitrogens is 1. The number of carboxylic acid groups (broad SMARTS) is 1. The third kappa shape index (κ3) is 6.34. The zero-order chi connectivity index (χ0) is 16.5. The van der Waals surface area contributed by atoms with E-state index in [1.807, 2.05) is 13.2 Å². The summed E-state index contributed by atoms with van der Waals surface area (Å²) in [7, 11) is 0. The number of nitrogens with one attached hydrogen (secondary N) is 1. The van der Waals surface area contributed by atoms with Crippen LogP contribution in [0.2, 0.25) is 0 Å². The molecule has 1 amide bonds. The van der Waals surface area contributed by atoms with Gasteiger partial charge in [0.25, 0.3) is 5.56 Å². The highest BCUT2D eigenvalue weighted by molar-refractivity contribution is 7.98. The Bertz CT molecular complexity index is 571. The molecule has 0 saturated heterocycles. The second-order valence-corrected chi connectivity index (χ2v) is 6.07. The van der Waals surface area contributed by atoms with Gasteiger partial charge >= 0.3 is 5.97 Å². The van der Waals surface area contributed by atoms with E-state index in [1.165, 1.54) is 17.8 Å². The fraction of sp³-hybridized carbons (Fsp3) is 0.533. The highest BCUT2D eigenvalue weighted by Crippen LogP contribution is 2.02. The van der Waals surface area contributed by atoms with Crippen LogP contribution in [0.15, 0.2) is 23.1 Å². The van der Waals surface area contributed by atoms with E-state index in [1.54, 1.807) is 16.8 Å². The Kier molecular flexibility index (Phi) is 7.73. The van der Waals surface area contributed by atoms with E-state index < -0.39 is 12.0 Å². The Morgan fingerprint density at radius 3 is 2.77 bits per heavy atom. The lowest BCUT2D eigenvalue weighted by Crippen LogP contribution is -2.41. The van der Waals surface area contributed by atoms with E-state index >= 15 is 0 Å². The molecule has 2 N–H and O–H groups in total. The van der Waals surface area contributed by atoms with Gasteiger partial charge in [-0.05, 0) is 37.3 Å². The third-order valence-corrected chi connectivity index (χ3v) is 3.82. The zero-order valence-corrected chi connectivity index (χ0v) is 13.7. The summed E-state index contributed by atoms with van der Waals surface area (Å²) in [5.41, 5.74) is 0.876. The lowest BCUT2D eigenvalue weighted by Gasteiger charge is -2.14. The number of pyridine rings is 1. The van der Waals surface area contributed by atoms with Gasteiger partial charge in [0, 0.05) is 25.2 Å². The number of aliphatic carboxylic acids is 1.